The zero-order valence-corrected chi connectivity index (χ0v) is 28.7. The number of unbranched alkanes of at least 4 members (excludes halogenated alkanes) is 2. The van der Waals surface area contributed by atoms with Crippen molar-refractivity contribution in [2.75, 3.05) is 19.7 Å². The van der Waals surface area contributed by atoms with Crippen LogP contribution >= 0.6 is 0 Å². The van der Waals surface area contributed by atoms with Gasteiger partial charge in [-0.2, -0.15) is 0 Å². The third kappa shape index (κ3) is 8.28. The number of aliphatic hydroxyl groups excluding tert-OH is 1. The standard InChI is InChI=1S/C39H47N3O7/c1-5-7-24-40-35(44)31-33(36(45)41-25-8-6-2)47-37(42-31)34-32(48-38(3,4)49-34)30(43)26-46-39(27-18-12-9-13-19-27,28-20-14-10-15-21-28)29-22-16-11-17-23-29/h9-23,30,32,34,43H,5-8,24-26H2,1-4H3,(H,40,44)(H,41,45)/t30-,32-,34-/m1/s1. The summed E-state index contributed by atoms with van der Waals surface area (Å²) in [5.41, 5.74) is 1.42. The zero-order valence-electron chi connectivity index (χ0n) is 28.7. The molecule has 0 aliphatic carbocycles. The van der Waals surface area contributed by atoms with Crippen molar-refractivity contribution >= 4 is 11.8 Å². The molecule has 1 fully saturated rings. The smallest absolute Gasteiger partial charge is 0.289 e. The van der Waals surface area contributed by atoms with Crippen molar-refractivity contribution in [1.29, 1.82) is 0 Å². The molecule has 1 saturated heterocycles. The Labute approximate surface area is 288 Å². The molecule has 2 heterocycles. The van der Waals surface area contributed by atoms with E-state index in [1.807, 2.05) is 105 Å². The maximum Gasteiger partial charge on any atom is 0.289 e. The van der Waals surface area contributed by atoms with E-state index in [0.29, 0.717) is 13.1 Å². The van der Waals surface area contributed by atoms with Gasteiger partial charge in [-0.15, -0.1) is 0 Å². The van der Waals surface area contributed by atoms with Crippen LogP contribution in [0.25, 0.3) is 0 Å². The van der Waals surface area contributed by atoms with Crippen LogP contribution in [0.4, 0.5) is 0 Å². The number of oxazole rings is 1. The zero-order chi connectivity index (χ0) is 34.9. The highest BCUT2D eigenvalue weighted by Crippen LogP contribution is 2.43. The molecule has 0 spiro atoms. The van der Waals surface area contributed by atoms with Gasteiger partial charge in [-0.3, -0.25) is 9.59 Å². The van der Waals surface area contributed by atoms with Crippen molar-refractivity contribution in [2.45, 2.75) is 83.1 Å². The van der Waals surface area contributed by atoms with Gasteiger partial charge in [-0.05, 0) is 43.4 Å². The van der Waals surface area contributed by atoms with E-state index in [-0.39, 0.29) is 24.0 Å². The van der Waals surface area contributed by atoms with E-state index < -0.39 is 41.5 Å². The van der Waals surface area contributed by atoms with Crippen LogP contribution in [0.2, 0.25) is 0 Å². The summed E-state index contributed by atoms with van der Waals surface area (Å²) >= 11 is 0. The fourth-order valence-electron chi connectivity index (χ4n) is 6.02. The number of nitrogens with one attached hydrogen (secondary N) is 2. The van der Waals surface area contributed by atoms with Crippen molar-refractivity contribution in [3.63, 3.8) is 0 Å². The maximum atomic E-state index is 13.2. The molecule has 0 radical (unpaired) electrons. The summed E-state index contributed by atoms with van der Waals surface area (Å²) in [7, 11) is 0. The number of aliphatic hydroxyl groups is 1. The van der Waals surface area contributed by atoms with Crippen LogP contribution in [0.1, 0.15) is 103 Å². The third-order valence-corrected chi connectivity index (χ3v) is 8.46. The van der Waals surface area contributed by atoms with E-state index in [1.54, 1.807) is 13.8 Å². The largest absolute Gasteiger partial charge is 0.432 e. The SMILES string of the molecule is CCCCNC(=O)c1nc([C@@H]2OC(C)(C)O[C@@H]2[C@H](O)COC(c2ccccc2)(c2ccccc2)c2ccccc2)oc1C(=O)NCCCC. The molecule has 1 aliphatic rings. The first kappa shape index (κ1) is 35.9. The second-order valence-corrected chi connectivity index (χ2v) is 12.6. The number of hydrogen-bond acceptors (Lipinski definition) is 8. The molecule has 3 N–H and O–H groups in total. The van der Waals surface area contributed by atoms with Crippen LogP contribution in [-0.4, -0.2) is 59.6 Å². The quantitative estimate of drug-likeness (QED) is 0.0936. The van der Waals surface area contributed by atoms with Gasteiger partial charge in [0.15, 0.2) is 17.6 Å². The van der Waals surface area contributed by atoms with Crippen LogP contribution in [0.3, 0.4) is 0 Å². The Morgan fingerprint density at radius 2 is 1.31 bits per heavy atom. The summed E-state index contributed by atoms with van der Waals surface area (Å²) < 4.78 is 25.3. The molecule has 260 valence electrons. The number of rotatable bonds is 16. The Balaban J connectivity index is 1.48. The fraction of sp³-hybridized carbons (Fsp3) is 0.410. The van der Waals surface area contributed by atoms with Crippen LogP contribution < -0.4 is 10.6 Å². The number of carbonyl (C=O) groups excluding carboxylic acids is 2. The Morgan fingerprint density at radius 3 is 1.80 bits per heavy atom. The predicted molar refractivity (Wildman–Crippen MR) is 185 cm³/mol. The van der Waals surface area contributed by atoms with Gasteiger partial charge < -0.3 is 34.4 Å². The minimum absolute atomic E-state index is 0.0450. The highest BCUT2D eigenvalue weighted by molar-refractivity contribution is 6.04. The van der Waals surface area contributed by atoms with Crippen LogP contribution in [0.15, 0.2) is 95.4 Å². The second-order valence-electron chi connectivity index (χ2n) is 12.6. The minimum atomic E-state index is -1.24. The fourth-order valence-corrected chi connectivity index (χ4v) is 6.02. The first-order valence-electron chi connectivity index (χ1n) is 17.1. The molecular weight excluding hydrogens is 622 g/mol. The van der Waals surface area contributed by atoms with Crippen LogP contribution in [0, 0.1) is 0 Å². The van der Waals surface area contributed by atoms with E-state index in [2.05, 4.69) is 15.6 Å². The number of hydrogen-bond donors (Lipinski definition) is 3. The molecule has 10 nitrogen and oxygen atoms in total. The summed E-state index contributed by atoms with van der Waals surface area (Å²) in [6.07, 6.45) is 0.0109. The summed E-state index contributed by atoms with van der Waals surface area (Å²) in [4.78, 5) is 30.9. The van der Waals surface area contributed by atoms with Crippen molar-refractivity contribution in [2.24, 2.45) is 0 Å². The van der Waals surface area contributed by atoms with Gasteiger partial charge in [0.2, 0.25) is 11.7 Å². The lowest BCUT2D eigenvalue weighted by atomic mass is 9.80. The van der Waals surface area contributed by atoms with Crippen LogP contribution in [-0.2, 0) is 19.8 Å². The molecule has 5 rings (SSSR count). The molecule has 0 saturated carbocycles. The van der Waals surface area contributed by atoms with Crippen molar-refractivity contribution in [3.05, 3.63) is 125 Å². The average Bonchev–Trinajstić information content (AvgIpc) is 3.71. The molecule has 49 heavy (non-hydrogen) atoms. The molecule has 3 atom stereocenters. The van der Waals surface area contributed by atoms with E-state index in [0.717, 1.165) is 42.4 Å². The summed E-state index contributed by atoms with van der Waals surface area (Å²) in [6, 6.07) is 29.6. The summed E-state index contributed by atoms with van der Waals surface area (Å²) in [5.74, 6) is -2.48. The molecule has 1 aromatic heterocycles. The number of carbonyl (C=O) groups is 2. The Morgan fingerprint density at radius 1 is 0.816 bits per heavy atom. The van der Waals surface area contributed by atoms with E-state index in [4.69, 9.17) is 18.6 Å². The Hall–Kier alpha value is -4.35. The lowest BCUT2D eigenvalue weighted by Crippen LogP contribution is -2.41. The van der Waals surface area contributed by atoms with Crippen molar-refractivity contribution in [3.8, 4) is 0 Å². The van der Waals surface area contributed by atoms with E-state index in [1.165, 1.54) is 0 Å². The summed E-state index contributed by atoms with van der Waals surface area (Å²) in [5, 5.41) is 17.5. The molecular formula is C39H47N3O7. The Kier molecular flexibility index (Phi) is 12.0. The molecule has 10 heteroatoms. The topological polar surface area (TPSA) is 132 Å². The predicted octanol–water partition coefficient (Wildman–Crippen LogP) is 6.30. The number of aromatic nitrogens is 1. The third-order valence-electron chi connectivity index (χ3n) is 8.46. The van der Waals surface area contributed by atoms with Gasteiger partial charge in [-0.25, -0.2) is 4.98 Å². The lowest BCUT2D eigenvalue weighted by Gasteiger charge is -2.37. The molecule has 4 aromatic rings. The molecule has 3 aromatic carbocycles. The van der Waals surface area contributed by atoms with Gasteiger partial charge >= 0.3 is 0 Å². The van der Waals surface area contributed by atoms with Crippen molar-refractivity contribution in [1.82, 2.24) is 15.6 Å². The monoisotopic (exact) mass is 669 g/mol. The van der Waals surface area contributed by atoms with Gasteiger partial charge in [-0.1, -0.05) is 118 Å². The number of benzene rings is 3. The van der Waals surface area contributed by atoms with E-state index >= 15 is 0 Å². The second kappa shape index (κ2) is 16.4. The first-order valence-corrected chi connectivity index (χ1v) is 17.1. The molecule has 2 amide bonds. The van der Waals surface area contributed by atoms with Gasteiger partial charge in [0.1, 0.15) is 17.8 Å². The maximum absolute atomic E-state index is 13.2. The Bertz CT molecular complexity index is 1510. The molecule has 0 unspecified atom stereocenters. The normalized spacial score (nSPS) is 17.8. The number of amides is 2. The molecule has 1 aliphatic heterocycles. The number of ether oxygens (including phenoxy) is 3. The van der Waals surface area contributed by atoms with Crippen molar-refractivity contribution < 1.29 is 33.3 Å². The van der Waals surface area contributed by atoms with Gasteiger partial charge in [0, 0.05) is 13.1 Å². The highest BCUT2D eigenvalue weighted by Gasteiger charge is 2.50. The van der Waals surface area contributed by atoms with E-state index in [9.17, 15) is 14.7 Å². The lowest BCUT2D eigenvalue weighted by molar-refractivity contribution is -0.162. The molecule has 0 bridgehead atoms. The minimum Gasteiger partial charge on any atom is -0.432 e. The number of nitrogens with zero attached hydrogens (tertiary/aromatic N) is 1. The highest BCUT2D eigenvalue weighted by atomic mass is 16.8. The van der Waals surface area contributed by atoms with Gasteiger partial charge in [0.05, 0.1) is 6.61 Å². The average molecular weight is 670 g/mol. The first-order chi connectivity index (χ1) is 23.7. The summed E-state index contributed by atoms with van der Waals surface area (Å²) in [6.45, 7) is 8.14. The van der Waals surface area contributed by atoms with Crippen LogP contribution in [0.5, 0.6) is 0 Å². The van der Waals surface area contributed by atoms with Gasteiger partial charge in [0.25, 0.3) is 11.8 Å².